The van der Waals surface area contributed by atoms with Crippen LogP contribution in [0.2, 0.25) is 5.02 Å². The molecule has 2 aromatic rings. The SMILES string of the molecule is CC(CCC(=O)O)c1cn(C)c2cc(Cl)ccc12. The molecular formula is C14H16ClNO2. The molecule has 0 aliphatic carbocycles. The quantitative estimate of drug-likeness (QED) is 0.914. The van der Waals surface area contributed by atoms with Gasteiger partial charge in [-0.3, -0.25) is 4.79 Å². The highest BCUT2D eigenvalue weighted by Crippen LogP contribution is 2.31. The van der Waals surface area contributed by atoms with Crippen LogP contribution in [0.25, 0.3) is 10.9 Å². The molecule has 96 valence electrons. The van der Waals surface area contributed by atoms with E-state index in [1.165, 1.54) is 5.56 Å². The van der Waals surface area contributed by atoms with Gasteiger partial charge in [0, 0.05) is 35.6 Å². The van der Waals surface area contributed by atoms with Gasteiger partial charge in [-0.2, -0.15) is 0 Å². The fraction of sp³-hybridized carbons (Fsp3) is 0.357. The lowest BCUT2D eigenvalue weighted by molar-refractivity contribution is -0.137. The van der Waals surface area contributed by atoms with Gasteiger partial charge in [0.15, 0.2) is 0 Å². The van der Waals surface area contributed by atoms with Crippen molar-refractivity contribution >= 4 is 28.5 Å². The predicted octanol–water partition coefficient (Wildman–Crippen LogP) is 3.80. The van der Waals surface area contributed by atoms with E-state index in [-0.39, 0.29) is 12.3 Å². The second-order valence-electron chi connectivity index (χ2n) is 4.69. The Morgan fingerprint density at radius 2 is 2.22 bits per heavy atom. The molecule has 1 N–H and O–H groups in total. The summed E-state index contributed by atoms with van der Waals surface area (Å²) in [6.07, 6.45) is 2.91. The number of carboxylic acid groups (broad SMARTS) is 1. The van der Waals surface area contributed by atoms with Crippen LogP contribution in [0.1, 0.15) is 31.2 Å². The van der Waals surface area contributed by atoms with Crippen LogP contribution in [0.5, 0.6) is 0 Å². The van der Waals surface area contributed by atoms with Crippen molar-refractivity contribution < 1.29 is 9.90 Å². The van der Waals surface area contributed by atoms with Crippen LogP contribution in [0, 0.1) is 0 Å². The fourth-order valence-corrected chi connectivity index (χ4v) is 2.44. The number of fused-ring (bicyclic) bond motifs is 1. The number of halogens is 1. The Kier molecular flexibility index (Phi) is 3.62. The van der Waals surface area contributed by atoms with Crippen LogP contribution in [-0.2, 0) is 11.8 Å². The molecule has 18 heavy (non-hydrogen) atoms. The van der Waals surface area contributed by atoms with Crippen LogP contribution >= 0.6 is 11.6 Å². The number of benzene rings is 1. The van der Waals surface area contributed by atoms with Crippen molar-refractivity contribution in [2.45, 2.75) is 25.7 Å². The van der Waals surface area contributed by atoms with Crippen molar-refractivity contribution in [1.29, 1.82) is 0 Å². The van der Waals surface area contributed by atoms with Gasteiger partial charge in [0.1, 0.15) is 0 Å². The third kappa shape index (κ3) is 2.51. The van der Waals surface area contributed by atoms with E-state index >= 15 is 0 Å². The van der Waals surface area contributed by atoms with Crippen LogP contribution in [0.3, 0.4) is 0 Å². The van der Waals surface area contributed by atoms with E-state index in [0.29, 0.717) is 11.4 Å². The molecule has 3 nitrogen and oxygen atoms in total. The van der Waals surface area contributed by atoms with E-state index < -0.39 is 5.97 Å². The lowest BCUT2D eigenvalue weighted by Crippen LogP contribution is -1.99. The minimum Gasteiger partial charge on any atom is -0.481 e. The minimum absolute atomic E-state index is 0.200. The molecule has 1 heterocycles. The van der Waals surface area contributed by atoms with Crippen molar-refractivity contribution in [2.24, 2.45) is 7.05 Å². The van der Waals surface area contributed by atoms with E-state index in [1.54, 1.807) is 0 Å². The van der Waals surface area contributed by atoms with Crippen LogP contribution in [0.15, 0.2) is 24.4 Å². The fourth-order valence-electron chi connectivity index (χ4n) is 2.28. The standard InChI is InChI=1S/C14H16ClNO2/c1-9(3-6-14(17)18)12-8-16(2)13-7-10(15)4-5-11(12)13/h4-5,7-9H,3,6H2,1-2H3,(H,17,18). The summed E-state index contributed by atoms with van der Waals surface area (Å²) in [5.74, 6) is -0.517. The Morgan fingerprint density at radius 3 is 2.89 bits per heavy atom. The van der Waals surface area contributed by atoms with Gasteiger partial charge in [-0.05, 0) is 30.0 Å². The van der Waals surface area contributed by atoms with Crippen molar-refractivity contribution in [3.63, 3.8) is 0 Å². The predicted molar refractivity (Wildman–Crippen MR) is 73.2 cm³/mol. The normalized spacial score (nSPS) is 12.8. The molecule has 0 fully saturated rings. The summed E-state index contributed by atoms with van der Waals surface area (Å²) in [5.41, 5.74) is 2.27. The van der Waals surface area contributed by atoms with E-state index in [4.69, 9.17) is 16.7 Å². The number of hydrogen-bond donors (Lipinski definition) is 1. The molecule has 1 aromatic heterocycles. The van der Waals surface area contributed by atoms with E-state index in [9.17, 15) is 4.79 Å². The lowest BCUT2D eigenvalue weighted by atomic mass is 9.96. The number of carboxylic acids is 1. The van der Waals surface area contributed by atoms with Gasteiger partial charge in [0.05, 0.1) is 0 Å². The summed E-state index contributed by atoms with van der Waals surface area (Å²) in [4.78, 5) is 10.6. The molecule has 1 unspecified atom stereocenters. The summed E-state index contributed by atoms with van der Waals surface area (Å²) < 4.78 is 2.04. The minimum atomic E-state index is -0.745. The van der Waals surface area contributed by atoms with Gasteiger partial charge in [0.25, 0.3) is 0 Å². The highest BCUT2D eigenvalue weighted by atomic mass is 35.5. The van der Waals surface area contributed by atoms with Crippen molar-refractivity contribution in [1.82, 2.24) is 4.57 Å². The first-order valence-electron chi connectivity index (χ1n) is 5.95. The number of aryl methyl sites for hydroxylation is 1. The number of rotatable bonds is 4. The first-order chi connectivity index (χ1) is 8.49. The van der Waals surface area contributed by atoms with Crippen molar-refractivity contribution in [3.8, 4) is 0 Å². The molecule has 2 rings (SSSR count). The van der Waals surface area contributed by atoms with Gasteiger partial charge in [-0.1, -0.05) is 24.6 Å². The Morgan fingerprint density at radius 1 is 1.50 bits per heavy atom. The van der Waals surface area contributed by atoms with Gasteiger partial charge in [-0.25, -0.2) is 0 Å². The number of hydrogen-bond acceptors (Lipinski definition) is 1. The van der Waals surface area contributed by atoms with Crippen molar-refractivity contribution in [2.75, 3.05) is 0 Å². The topological polar surface area (TPSA) is 42.2 Å². The van der Waals surface area contributed by atoms with Crippen LogP contribution in [0.4, 0.5) is 0 Å². The van der Waals surface area contributed by atoms with Gasteiger partial charge >= 0.3 is 5.97 Å². The lowest BCUT2D eigenvalue weighted by Gasteiger charge is -2.08. The van der Waals surface area contributed by atoms with Crippen LogP contribution in [-0.4, -0.2) is 15.6 Å². The second kappa shape index (κ2) is 5.02. The highest BCUT2D eigenvalue weighted by Gasteiger charge is 2.14. The molecule has 0 bridgehead atoms. The molecule has 1 aromatic carbocycles. The molecule has 4 heteroatoms. The summed E-state index contributed by atoms with van der Waals surface area (Å²) >= 11 is 5.99. The zero-order valence-corrected chi connectivity index (χ0v) is 11.2. The monoisotopic (exact) mass is 265 g/mol. The smallest absolute Gasteiger partial charge is 0.303 e. The van der Waals surface area contributed by atoms with Crippen molar-refractivity contribution in [3.05, 3.63) is 35.0 Å². The zero-order valence-electron chi connectivity index (χ0n) is 10.5. The molecular weight excluding hydrogens is 250 g/mol. The maximum Gasteiger partial charge on any atom is 0.303 e. The number of nitrogens with zero attached hydrogens (tertiary/aromatic N) is 1. The number of aliphatic carboxylic acids is 1. The molecule has 0 aliphatic rings. The Balaban J connectivity index is 2.36. The Bertz CT molecular complexity index is 589. The van der Waals surface area contributed by atoms with Gasteiger partial charge < -0.3 is 9.67 Å². The number of aromatic nitrogens is 1. The van der Waals surface area contributed by atoms with Gasteiger partial charge in [0.2, 0.25) is 0 Å². The Hall–Kier alpha value is -1.48. The van der Waals surface area contributed by atoms with E-state index in [0.717, 1.165) is 10.9 Å². The average Bonchev–Trinajstić information content (AvgIpc) is 2.63. The molecule has 0 saturated heterocycles. The van der Waals surface area contributed by atoms with Crippen LogP contribution < -0.4 is 0 Å². The average molecular weight is 266 g/mol. The highest BCUT2D eigenvalue weighted by molar-refractivity contribution is 6.31. The molecule has 0 aliphatic heterocycles. The number of carbonyl (C=O) groups is 1. The molecule has 0 amide bonds. The first-order valence-corrected chi connectivity index (χ1v) is 6.33. The molecule has 0 spiro atoms. The molecule has 1 atom stereocenters. The summed E-state index contributed by atoms with van der Waals surface area (Å²) in [6.45, 7) is 2.06. The molecule has 0 radical (unpaired) electrons. The Labute approximate surface area is 111 Å². The van der Waals surface area contributed by atoms with E-state index in [2.05, 4.69) is 13.1 Å². The summed E-state index contributed by atoms with van der Waals surface area (Å²) in [5, 5.41) is 10.6. The second-order valence-corrected chi connectivity index (χ2v) is 5.13. The third-order valence-electron chi connectivity index (χ3n) is 3.31. The largest absolute Gasteiger partial charge is 0.481 e. The third-order valence-corrected chi connectivity index (χ3v) is 3.54. The summed E-state index contributed by atoms with van der Waals surface area (Å²) in [6, 6.07) is 5.81. The maximum absolute atomic E-state index is 10.6. The zero-order chi connectivity index (χ0) is 13.3. The molecule has 0 saturated carbocycles. The van der Waals surface area contributed by atoms with E-state index in [1.807, 2.05) is 29.8 Å². The first kappa shape index (κ1) is 13.0. The van der Waals surface area contributed by atoms with Gasteiger partial charge in [-0.15, -0.1) is 0 Å². The maximum atomic E-state index is 10.6. The summed E-state index contributed by atoms with van der Waals surface area (Å²) in [7, 11) is 1.98.